The van der Waals surface area contributed by atoms with E-state index in [1.54, 1.807) is 0 Å². The summed E-state index contributed by atoms with van der Waals surface area (Å²) in [5.41, 5.74) is 1.89. The van der Waals surface area contributed by atoms with Gasteiger partial charge in [0, 0.05) is 5.56 Å². The number of ether oxygens (including phenoxy) is 2. The fourth-order valence-corrected chi connectivity index (χ4v) is 2.35. The number of nitro groups is 1. The summed E-state index contributed by atoms with van der Waals surface area (Å²) >= 11 is 0. The standard InChI is InChI=1S/C14H15N3O4/c1-14(20-5-6-21-14)12-4-2-3-11(7-12)9-16-10-13(8-15-16)17(18)19/h2-4,7-8,10H,5-6,9H2,1H3. The summed E-state index contributed by atoms with van der Waals surface area (Å²) in [7, 11) is 0. The van der Waals surface area contributed by atoms with E-state index in [4.69, 9.17) is 9.47 Å². The van der Waals surface area contributed by atoms with Crippen LogP contribution in [0.5, 0.6) is 0 Å². The van der Waals surface area contributed by atoms with Crippen molar-refractivity contribution >= 4 is 5.69 Å². The molecule has 0 radical (unpaired) electrons. The Hall–Kier alpha value is -2.25. The van der Waals surface area contributed by atoms with Crippen molar-refractivity contribution in [2.24, 2.45) is 0 Å². The fourth-order valence-electron chi connectivity index (χ4n) is 2.35. The molecule has 7 heteroatoms. The van der Waals surface area contributed by atoms with Gasteiger partial charge in [0.25, 0.3) is 0 Å². The normalized spacial score (nSPS) is 17.0. The van der Waals surface area contributed by atoms with Crippen LogP contribution < -0.4 is 0 Å². The van der Waals surface area contributed by atoms with E-state index >= 15 is 0 Å². The highest BCUT2D eigenvalue weighted by molar-refractivity contribution is 5.28. The van der Waals surface area contributed by atoms with E-state index in [0.717, 1.165) is 11.1 Å². The molecule has 1 aromatic heterocycles. The number of hydrogen-bond donors (Lipinski definition) is 0. The molecule has 0 N–H and O–H groups in total. The van der Waals surface area contributed by atoms with Gasteiger partial charge in [-0.05, 0) is 18.6 Å². The number of hydrogen-bond acceptors (Lipinski definition) is 5. The van der Waals surface area contributed by atoms with Gasteiger partial charge in [0.1, 0.15) is 12.4 Å². The number of rotatable bonds is 4. The molecule has 0 unspecified atom stereocenters. The Labute approximate surface area is 121 Å². The van der Waals surface area contributed by atoms with Gasteiger partial charge in [-0.1, -0.05) is 18.2 Å². The third-order valence-corrected chi connectivity index (χ3v) is 3.46. The largest absolute Gasteiger partial charge is 0.344 e. The molecule has 2 aromatic rings. The molecule has 1 aliphatic rings. The minimum atomic E-state index is -0.716. The lowest BCUT2D eigenvalue weighted by Gasteiger charge is -2.23. The highest BCUT2D eigenvalue weighted by atomic mass is 16.7. The molecule has 1 saturated heterocycles. The Morgan fingerprint density at radius 3 is 2.86 bits per heavy atom. The zero-order chi connectivity index (χ0) is 14.9. The van der Waals surface area contributed by atoms with Crippen LogP contribution in [0, 0.1) is 10.1 Å². The molecule has 1 aliphatic heterocycles. The van der Waals surface area contributed by atoms with E-state index in [2.05, 4.69) is 5.10 Å². The summed E-state index contributed by atoms with van der Waals surface area (Å²) in [5, 5.41) is 14.6. The van der Waals surface area contributed by atoms with Crippen LogP contribution in [0.25, 0.3) is 0 Å². The van der Waals surface area contributed by atoms with Gasteiger partial charge < -0.3 is 9.47 Å². The van der Waals surface area contributed by atoms with Crippen molar-refractivity contribution in [3.8, 4) is 0 Å². The lowest BCUT2D eigenvalue weighted by Crippen LogP contribution is -2.22. The fraction of sp³-hybridized carbons (Fsp3) is 0.357. The molecule has 0 bridgehead atoms. The lowest BCUT2D eigenvalue weighted by atomic mass is 10.0. The minimum absolute atomic E-state index is 0.0134. The first-order chi connectivity index (χ1) is 10.1. The topological polar surface area (TPSA) is 79.4 Å². The molecule has 0 atom stereocenters. The number of benzene rings is 1. The van der Waals surface area contributed by atoms with Crippen molar-refractivity contribution in [2.75, 3.05) is 13.2 Å². The Bertz CT molecular complexity index is 662. The number of aromatic nitrogens is 2. The van der Waals surface area contributed by atoms with Crippen molar-refractivity contribution in [3.05, 3.63) is 57.9 Å². The maximum Gasteiger partial charge on any atom is 0.307 e. The Balaban J connectivity index is 1.81. The van der Waals surface area contributed by atoms with Crippen LogP contribution in [0.4, 0.5) is 5.69 Å². The van der Waals surface area contributed by atoms with Gasteiger partial charge in [0.05, 0.1) is 24.7 Å². The lowest BCUT2D eigenvalue weighted by molar-refractivity contribution is -0.385. The number of nitrogens with zero attached hydrogens (tertiary/aromatic N) is 3. The average Bonchev–Trinajstić information content (AvgIpc) is 3.09. The van der Waals surface area contributed by atoms with Gasteiger partial charge in [0.15, 0.2) is 5.79 Å². The molecule has 0 spiro atoms. The van der Waals surface area contributed by atoms with Crippen LogP contribution in [0.3, 0.4) is 0 Å². The molecule has 0 amide bonds. The Morgan fingerprint density at radius 2 is 2.19 bits per heavy atom. The van der Waals surface area contributed by atoms with E-state index in [9.17, 15) is 10.1 Å². The SMILES string of the molecule is CC1(c2cccc(Cn3cc([N+](=O)[O-])cn3)c2)OCCO1. The molecule has 3 rings (SSSR count). The second-order valence-electron chi connectivity index (χ2n) is 5.00. The first-order valence-corrected chi connectivity index (χ1v) is 6.61. The van der Waals surface area contributed by atoms with Crippen LogP contribution in [-0.4, -0.2) is 27.9 Å². The smallest absolute Gasteiger partial charge is 0.307 e. The summed E-state index contributed by atoms with van der Waals surface area (Å²) in [5.74, 6) is -0.716. The molecule has 0 aliphatic carbocycles. The van der Waals surface area contributed by atoms with Crippen molar-refractivity contribution in [1.29, 1.82) is 0 Å². The molecule has 2 heterocycles. The quantitative estimate of drug-likeness (QED) is 0.636. The maximum absolute atomic E-state index is 10.7. The average molecular weight is 289 g/mol. The third kappa shape index (κ3) is 2.79. The van der Waals surface area contributed by atoms with Crippen LogP contribution >= 0.6 is 0 Å². The van der Waals surface area contributed by atoms with E-state index in [1.807, 2.05) is 31.2 Å². The minimum Gasteiger partial charge on any atom is -0.344 e. The van der Waals surface area contributed by atoms with E-state index in [-0.39, 0.29) is 5.69 Å². The summed E-state index contributed by atoms with van der Waals surface area (Å²) in [4.78, 5) is 10.2. The molecular formula is C14H15N3O4. The van der Waals surface area contributed by atoms with Crippen LogP contribution in [-0.2, 0) is 21.8 Å². The van der Waals surface area contributed by atoms with Gasteiger partial charge in [-0.3, -0.25) is 14.8 Å². The van der Waals surface area contributed by atoms with Crippen molar-refractivity contribution < 1.29 is 14.4 Å². The van der Waals surface area contributed by atoms with Crippen LogP contribution in [0.1, 0.15) is 18.1 Å². The van der Waals surface area contributed by atoms with Crippen molar-refractivity contribution in [3.63, 3.8) is 0 Å². The predicted molar refractivity (Wildman–Crippen MR) is 73.7 cm³/mol. The second kappa shape index (κ2) is 5.27. The molecule has 0 saturated carbocycles. The van der Waals surface area contributed by atoms with Gasteiger partial charge in [0.2, 0.25) is 0 Å². The second-order valence-corrected chi connectivity index (χ2v) is 5.00. The molecule has 21 heavy (non-hydrogen) atoms. The van der Waals surface area contributed by atoms with Gasteiger partial charge >= 0.3 is 5.69 Å². The molecule has 110 valence electrons. The monoisotopic (exact) mass is 289 g/mol. The molecule has 7 nitrogen and oxygen atoms in total. The molecule has 1 fully saturated rings. The van der Waals surface area contributed by atoms with Gasteiger partial charge in [-0.25, -0.2) is 0 Å². The van der Waals surface area contributed by atoms with Crippen molar-refractivity contribution in [2.45, 2.75) is 19.3 Å². The first-order valence-electron chi connectivity index (χ1n) is 6.61. The van der Waals surface area contributed by atoms with E-state index < -0.39 is 10.7 Å². The first kappa shape index (κ1) is 13.7. The maximum atomic E-state index is 10.7. The van der Waals surface area contributed by atoms with E-state index in [1.165, 1.54) is 17.1 Å². The molecular weight excluding hydrogens is 274 g/mol. The summed E-state index contributed by atoms with van der Waals surface area (Å²) in [6.07, 6.45) is 2.66. The summed E-state index contributed by atoms with van der Waals surface area (Å²) in [6, 6.07) is 7.77. The summed E-state index contributed by atoms with van der Waals surface area (Å²) < 4.78 is 12.8. The highest BCUT2D eigenvalue weighted by Crippen LogP contribution is 2.31. The van der Waals surface area contributed by atoms with Crippen LogP contribution in [0.15, 0.2) is 36.7 Å². The van der Waals surface area contributed by atoms with Crippen molar-refractivity contribution in [1.82, 2.24) is 9.78 Å². The summed E-state index contributed by atoms with van der Waals surface area (Å²) in [6.45, 7) is 3.49. The van der Waals surface area contributed by atoms with E-state index in [0.29, 0.717) is 19.8 Å². The highest BCUT2D eigenvalue weighted by Gasteiger charge is 2.33. The Kier molecular flexibility index (Phi) is 3.44. The zero-order valence-electron chi connectivity index (χ0n) is 11.6. The Morgan fingerprint density at radius 1 is 1.43 bits per heavy atom. The van der Waals surface area contributed by atoms with Gasteiger partial charge in [-0.15, -0.1) is 0 Å². The third-order valence-electron chi connectivity index (χ3n) is 3.46. The van der Waals surface area contributed by atoms with Crippen LogP contribution in [0.2, 0.25) is 0 Å². The molecule has 1 aromatic carbocycles. The zero-order valence-corrected chi connectivity index (χ0v) is 11.6. The van der Waals surface area contributed by atoms with Gasteiger partial charge in [-0.2, -0.15) is 5.10 Å². The predicted octanol–water partition coefficient (Wildman–Crippen LogP) is 2.06.